The predicted molar refractivity (Wildman–Crippen MR) is 79.3 cm³/mol. The fraction of sp³-hybridized carbons (Fsp3) is 0.533. The van der Waals surface area contributed by atoms with Crippen LogP contribution < -0.4 is 10.1 Å². The molecule has 1 saturated carbocycles. The fourth-order valence-corrected chi connectivity index (χ4v) is 2.30. The molecule has 3 unspecified atom stereocenters. The van der Waals surface area contributed by atoms with E-state index in [2.05, 4.69) is 5.32 Å². The van der Waals surface area contributed by atoms with Gasteiger partial charge in [-0.1, -0.05) is 6.42 Å². The fourth-order valence-electron chi connectivity index (χ4n) is 2.25. The van der Waals surface area contributed by atoms with Crippen molar-refractivity contribution in [1.82, 2.24) is 0 Å². The van der Waals surface area contributed by atoms with Gasteiger partial charge in [0.2, 0.25) is 5.91 Å². The van der Waals surface area contributed by atoms with Crippen LogP contribution in [0.2, 0.25) is 0 Å². The average molecular weight is 298 g/mol. The van der Waals surface area contributed by atoms with Gasteiger partial charge in [0.1, 0.15) is 17.2 Å². The number of hydrogen-bond donors (Lipinski definition) is 2. The Labute approximate surface area is 124 Å². The molecule has 0 aromatic heterocycles. The van der Waals surface area contributed by atoms with Crippen LogP contribution in [-0.2, 0) is 4.79 Å². The summed E-state index contributed by atoms with van der Waals surface area (Å²) >= 11 is 5.69. The Balaban J connectivity index is 1.92. The van der Waals surface area contributed by atoms with E-state index in [1.54, 1.807) is 31.2 Å². The van der Waals surface area contributed by atoms with Crippen molar-refractivity contribution in [1.29, 1.82) is 0 Å². The lowest BCUT2D eigenvalue weighted by Gasteiger charge is -2.28. The van der Waals surface area contributed by atoms with Crippen molar-refractivity contribution in [3.05, 3.63) is 24.3 Å². The summed E-state index contributed by atoms with van der Waals surface area (Å²) in [7, 11) is 0. The molecule has 0 saturated heterocycles. The Kier molecular flexibility index (Phi) is 5.26. The highest BCUT2D eigenvalue weighted by atomic mass is 35.5. The van der Waals surface area contributed by atoms with E-state index in [9.17, 15) is 9.90 Å². The van der Waals surface area contributed by atoms with Crippen LogP contribution in [0.4, 0.5) is 5.69 Å². The molecule has 0 radical (unpaired) electrons. The van der Waals surface area contributed by atoms with Crippen molar-refractivity contribution < 1.29 is 14.6 Å². The molecule has 1 aromatic rings. The maximum absolute atomic E-state index is 11.4. The van der Waals surface area contributed by atoms with E-state index in [4.69, 9.17) is 16.3 Å². The zero-order chi connectivity index (χ0) is 14.5. The zero-order valence-corrected chi connectivity index (χ0v) is 12.3. The highest BCUT2D eigenvalue weighted by molar-refractivity contribution is 6.32. The monoisotopic (exact) mass is 297 g/mol. The van der Waals surface area contributed by atoms with Crippen LogP contribution in [0, 0.1) is 0 Å². The Morgan fingerprint density at radius 1 is 1.35 bits per heavy atom. The van der Waals surface area contributed by atoms with E-state index in [-0.39, 0.29) is 18.1 Å². The number of amides is 1. The molecule has 1 aromatic carbocycles. The molecule has 1 fully saturated rings. The molecule has 1 amide bonds. The summed E-state index contributed by atoms with van der Waals surface area (Å²) in [6.07, 6.45) is 3.30. The maximum Gasteiger partial charge on any atom is 0.242 e. The third-order valence-electron chi connectivity index (χ3n) is 3.44. The number of carbonyl (C=O) groups excluding carboxylic acids is 1. The summed E-state index contributed by atoms with van der Waals surface area (Å²) in [5.74, 6) is 0.468. The zero-order valence-electron chi connectivity index (χ0n) is 11.5. The number of carbonyl (C=O) groups is 1. The van der Waals surface area contributed by atoms with E-state index >= 15 is 0 Å². The minimum absolute atomic E-state index is 0.132. The van der Waals surface area contributed by atoms with Gasteiger partial charge in [0.25, 0.3) is 0 Å². The predicted octanol–water partition coefficient (Wildman–Crippen LogP) is 2.93. The standard InChI is InChI=1S/C15H20ClNO3/c1-10(16)15(19)17-11-6-8-12(9-7-11)20-14-5-3-2-4-13(14)18/h6-10,13-14,18H,2-5H2,1H3,(H,17,19). The van der Waals surface area contributed by atoms with Crippen LogP contribution in [0.15, 0.2) is 24.3 Å². The van der Waals surface area contributed by atoms with Crippen LogP contribution in [0.3, 0.4) is 0 Å². The molecule has 110 valence electrons. The molecule has 1 aliphatic rings. The van der Waals surface area contributed by atoms with Crippen molar-refractivity contribution in [2.45, 2.75) is 50.2 Å². The molecule has 4 nitrogen and oxygen atoms in total. The number of aliphatic hydroxyl groups excluding tert-OH is 1. The van der Waals surface area contributed by atoms with Gasteiger partial charge in [0, 0.05) is 5.69 Å². The minimum Gasteiger partial charge on any atom is -0.488 e. The van der Waals surface area contributed by atoms with E-state index < -0.39 is 5.38 Å². The quantitative estimate of drug-likeness (QED) is 0.840. The van der Waals surface area contributed by atoms with Crippen LogP contribution in [-0.4, -0.2) is 28.6 Å². The van der Waals surface area contributed by atoms with Crippen LogP contribution >= 0.6 is 11.6 Å². The SMILES string of the molecule is CC(Cl)C(=O)Nc1ccc(OC2CCCCC2O)cc1. The van der Waals surface area contributed by atoms with Gasteiger partial charge < -0.3 is 15.2 Å². The lowest BCUT2D eigenvalue weighted by molar-refractivity contribution is -0.115. The van der Waals surface area contributed by atoms with E-state index in [0.29, 0.717) is 11.4 Å². The molecule has 0 aliphatic heterocycles. The number of halogens is 1. The van der Waals surface area contributed by atoms with Crippen molar-refractivity contribution in [3.8, 4) is 5.75 Å². The lowest BCUT2D eigenvalue weighted by Crippen LogP contribution is -2.34. The number of rotatable bonds is 4. The van der Waals surface area contributed by atoms with E-state index in [0.717, 1.165) is 25.7 Å². The van der Waals surface area contributed by atoms with E-state index in [1.165, 1.54) is 0 Å². The molecular weight excluding hydrogens is 278 g/mol. The third-order valence-corrected chi connectivity index (χ3v) is 3.64. The molecule has 2 N–H and O–H groups in total. The average Bonchev–Trinajstić information content (AvgIpc) is 2.43. The molecule has 2 rings (SSSR count). The summed E-state index contributed by atoms with van der Waals surface area (Å²) in [6.45, 7) is 1.62. The molecular formula is C15H20ClNO3. The number of anilines is 1. The van der Waals surface area contributed by atoms with Gasteiger partial charge in [-0.3, -0.25) is 4.79 Å². The molecule has 3 atom stereocenters. The Morgan fingerprint density at radius 2 is 2.00 bits per heavy atom. The first-order valence-corrected chi connectivity index (χ1v) is 7.39. The van der Waals surface area contributed by atoms with Crippen molar-refractivity contribution >= 4 is 23.2 Å². The first-order chi connectivity index (χ1) is 9.56. The van der Waals surface area contributed by atoms with Gasteiger partial charge >= 0.3 is 0 Å². The molecule has 0 bridgehead atoms. The molecule has 1 aliphatic carbocycles. The van der Waals surface area contributed by atoms with Crippen molar-refractivity contribution in [3.63, 3.8) is 0 Å². The van der Waals surface area contributed by atoms with Gasteiger partial charge in [0.15, 0.2) is 0 Å². The molecule has 5 heteroatoms. The number of ether oxygens (including phenoxy) is 1. The first kappa shape index (κ1) is 15.1. The van der Waals surface area contributed by atoms with Crippen molar-refractivity contribution in [2.75, 3.05) is 5.32 Å². The second-order valence-corrected chi connectivity index (χ2v) is 5.79. The van der Waals surface area contributed by atoms with Gasteiger partial charge in [-0.05, 0) is 50.5 Å². The highest BCUT2D eigenvalue weighted by Gasteiger charge is 2.24. The Morgan fingerprint density at radius 3 is 2.60 bits per heavy atom. The van der Waals surface area contributed by atoms with Crippen molar-refractivity contribution in [2.24, 2.45) is 0 Å². The summed E-state index contributed by atoms with van der Waals surface area (Å²) in [6, 6.07) is 7.11. The van der Waals surface area contributed by atoms with Gasteiger partial charge in [-0.2, -0.15) is 0 Å². The molecule has 20 heavy (non-hydrogen) atoms. The first-order valence-electron chi connectivity index (χ1n) is 6.96. The summed E-state index contributed by atoms with van der Waals surface area (Å²) in [5, 5.41) is 12.0. The smallest absolute Gasteiger partial charge is 0.242 e. The summed E-state index contributed by atoms with van der Waals surface area (Å²) in [5.41, 5.74) is 0.680. The normalized spacial score (nSPS) is 23.9. The van der Waals surface area contributed by atoms with Crippen LogP contribution in [0.5, 0.6) is 5.75 Å². The second kappa shape index (κ2) is 6.95. The summed E-state index contributed by atoms with van der Waals surface area (Å²) < 4.78 is 5.79. The minimum atomic E-state index is -0.566. The maximum atomic E-state index is 11.4. The summed E-state index contributed by atoms with van der Waals surface area (Å²) in [4.78, 5) is 11.4. The molecule has 0 spiro atoms. The topological polar surface area (TPSA) is 58.6 Å². The number of benzene rings is 1. The van der Waals surface area contributed by atoms with Gasteiger partial charge in [-0.15, -0.1) is 11.6 Å². The van der Waals surface area contributed by atoms with Crippen LogP contribution in [0.1, 0.15) is 32.6 Å². The number of nitrogens with one attached hydrogen (secondary N) is 1. The van der Waals surface area contributed by atoms with Gasteiger partial charge in [-0.25, -0.2) is 0 Å². The second-order valence-electron chi connectivity index (χ2n) is 5.14. The van der Waals surface area contributed by atoms with Crippen LogP contribution in [0.25, 0.3) is 0 Å². The Hall–Kier alpha value is -1.26. The van der Waals surface area contributed by atoms with Gasteiger partial charge in [0.05, 0.1) is 6.10 Å². The Bertz CT molecular complexity index is 447. The number of alkyl halides is 1. The molecule has 0 heterocycles. The largest absolute Gasteiger partial charge is 0.488 e. The highest BCUT2D eigenvalue weighted by Crippen LogP contribution is 2.24. The number of hydrogen-bond acceptors (Lipinski definition) is 3. The van der Waals surface area contributed by atoms with E-state index in [1.807, 2.05) is 0 Å². The number of aliphatic hydroxyl groups is 1. The lowest BCUT2D eigenvalue weighted by atomic mass is 9.95. The third kappa shape index (κ3) is 4.12.